The van der Waals surface area contributed by atoms with Crippen LogP contribution >= 0.6 is 0 Å². The molecule has 0 N–H and O–H groups in total. The summed E-state index contributed by atoms with van der Waals surface area (Å²) in [5.74, 6) is -0.792. The number of rotatable bonds is 4. The molecule has 0 radical (unpaired) electrons. The summed E-state index contributed by atoms with van der Waals surface area (Å²) in [6.07, 6.45) is 4.24. The zero-order valence-corrected chi connectivity index (χ0v) is 9.35. The van der Waals surface area contributed by atoms with E-state index in [4.69, 9.17) is 9.68 Å². The quantitative estimate of drug-likeness (QED) is 0.606. The van der Waals surface area contributed by atoms with Crippen LogP contribution in [0.3, 0.4) is 0 Å². The highest BCUT2D eigenvalue weighted by Crippen LogP contribution is 2.10. The highest BCUT2D eigenvalue weighted by atomic mass is 16.3. The van der Waals surface area contributed by atoms with Crippen LogP contribution in [0.15, 0.2) is 52.2 Å². The number of pyridine rings is 1. The first-order valence-corrected chi connectivity index (χ1v) is 5.24. The van der Waals surface area contributed by atoms with Gasteiger partial charge in [0.25, 0.3) is 0 Å². The predicted molar refractivity (Wildman–Crippen MR) is 64.5 cm³/mol. The lowest BCUT2D eigenvalue weighted by atomic mass is 10.1. The Hall–Kier alpha value is -2.74. The third-order valence-corrected chi connectivity index (χ3v) is 2.19. The van der Waals surface area contributed by atoms with Crippen molar-refractivity contribution in [3.8, 4) is 6.07 Å². The number of aliphatic imine (C=N–C) groups is 1. The molecule has 2 rings (SSSR count). The van der Waals surface area contributed by atoms with Crippen LogP contribution in [-0.4, -0.2) is 17.0 Å². The van der Waals surface area contributed by atoms with Crippen LogP contribution in [0.25, 0.3) is 0 Å². The van der Waals surface area contributed by atoms with E-state index in [2.05, 4.69) is 9.98 Å². The minimum absolute atomic E-state index is 0.147. The molecule has 0 amide bonds. The standard InChI is InChI=1S/C13H9N3O2/c14-8-10(13(17)11-4-3-7-18-11)9-16-12-5-1-2-6-15-12/h1-7,9-10H. The second-order valence-corrected chi connectivity index (χ2v) is 3.41. The molecule has 2 aromatic rings. The van der Waals surface area contributed by atoms with Crippen molar-refractivity contribution < 1.29 is 9.21 Å². The molecule has 2 aromatic heterocycles. The number of carbonyl (C=O) groups is 1. The molecular weight excluding hydrogens is 230 g/mol. The normalized spacial score (nSPS) is 12.2. The molecule has 0 aliphatic heterocycles. The van der Waals surface area contributed by atoms with Gasteiger partial charge in [0, 0.05) is 12.4 Å². The SMILES string of the molecule is N#CC(C=Nc1ccccn1)C(=O)c1ccco1. The summed E-state index contributed by atoms with van der Waals surface area (Å²) in [5.41, 5.74) is 0. The van der Waals surface area contributed by atoms with Crippen LogP contribution in [0.4, 0.5) is 5.82 Å². The van der Waals surface area contributed by atoms with Gasteiger partial charge in [0.1, 0.15) is 5.92 Å². The van der Waals surface area contributed by atoms with E-state index in [1.807, 2.05) is 6.07 Å². The monoisotopic (exact) mass is 239 g/mol. The van der Waals surface area contributed by atoms with Gasteiger partial charge in [-0.3, -0.25) is 4.79 Å². The van der Waals surface area contributed by atoms with E-state index in [-0.39, 0.29) is 5.76 Å². The molecule has 5 heteroatoms. The number of hydrogen-bond donors (Lipinski definition) is 0. The van der Waals surface area contributed by atoms with Crippen LogP contribution < -0.4 is 0 Å². The van der Waals surface area contributed by atoms with E-state index in [1.54, 1.807) is 30.5 Å². The summed E-state index contributed by atoms with van der Waals surface area (Å²) in [7, 11) is 0. The van der Waals surface area contributed by atoms with Gasteiger partial charge >= 0.3 is 0 Å². The molecule has 0 fully saturated rings. The van der Waals surface area contributed by atoms with Crippen molar-refractivity contribution in [1.82, 2.24) is 4.98 Å². The lowest BCUT2D eigenvalue weighted by molar-refractivity contribution is 0.0949. The summed E-state index contributed by atoms with van der Waals surface area (Å²) in [6, 6.07) is 10.2. The summed E-state index contributed by atoms with van der Waals surface area (Å²) in [6.45, 7) is 0. The van der Waals surface area contributed by atoms with E-state index >= 15 is 0 Å². The van der Waals surface area contributed by atoms with Crippen LogP contribution in [0.2, 0.25) is 0 Å². The fourth-order valence-corrected chi connectivity index (χ4v) is 1.31. The molecule has 0 saturated heterocycles. The first-order valence-electron chi connectivity index (χ1n) is 5.24. The zero-order valence-electron chi connectivity index (χ0n) is 9.35. The molecule has 88 valence electrons. The average molecular weight is 239 g/mol. The molecule has 18 heavy (non-hydrogen) atoms. The highest BCUT2D eigenvalue weighted by Gasteiger charge is 2.19. The maximum atomic E-state index is 11.8. The Kier molecular flexibility index (Phi) is 3.62. The fourth-order valence-electron chi connectivity index (χ4n) is 1.31. The lowest BCUT2D eigenvalue weighted by Gasteiger charge is -1.98. The van der Waals surface area contributed by atoms with Crippen LogP contribution in [0.5, 0.6) is 0 Å². The van der Waals surface area contributed by atoms with Crippen molar-refractivity contribution in [2.75, 3.05) is 0 Å². The zero-order chi connectivity index (χ0) is 12.8. The van der Waals surface area contributed by atoms with Crippen molar-refractivity contribution in [2.24, 2.45) is 10.9 Å². The van der Waals surface area contributed by atoms with Gasteiger partial charge in [0.05, 0.1) is 12.3 Å². The summed E-state index contributed by atoms with van der Waals surface area (Å²) >= 11 is 0. The third-order valence-electron chi connectivity index (χ3n) is 2.19. The smallest absolute Gasteiger partial charge is 0.220 e. The van der Waals surface area contributed by atoms with Gasteiger partial charge in [-0.2, -0.15) is 5.26 Å². The van der Waals surface area contributed by atoms with E-state index in [0.29, 0.717) is 5.82 Å². The second kappa shape index (κ2) is 5.55. The molecule has 0 aromatic carbocycles. The number of nitrogens with zero attached hydrogens (tertiary/aromatic N) is 3. The largest absolute Gasteiger partial charge is 0.461 e. The number of hydrogen-bond acceptors (Lipinski definition) is 5. The van der Waals surface area contributed by atoms with E-state index < -0.39 is 11.7 Å². The highest BCUT2D eigenvalue weighted by molar-refractivity contribution is 6.06. The maximum absolute atomic E-state index is 11.8. The van der Waals surface area contributed by atoms with Gasteiger partial charge in [-0.05, 0) is 24.3 Å². The van der Waals surface area contributed by atoms with Crippen molar-refractivity contribution in [3.05, 3.63) is 48.6 Å². The molecule has 5 nitrogen and oxygen atoms in total. The number of Topliss-reactive ketones (excluding diaryl/α,β-unsaturated/α-hetero) is 1. The van der Waals surface area contributed by atoms with E-state index in [9.17, 15) is 4.79 Å². The minimum atomic E-state index is -0.974. The van der Waals surface area contributed by atoms with Gasteiger partial charge in [-0.1, -0.05) is 6.07 Å². The van der Waals surface area contributed by atoms with Crippen LogP contribution in [0.1, 0.15) is 10.6 Å². The van der Waals surface area contributed by atoms with Gasteiger partial charge in [-0.25, -0.2) is 9.98 Å². The van der Waals surface area contributed by atoms with Crippen molar-refractivity contribution in [2.45, 2.75) is 0 Å². The Labute approximate surface area is 103 Å². The van der Waals surface area contributed by atoms with Gasteiger partial charge in [-0.15, -0.1) is 0 Å². The molecule has 2 heterocycles. The van der Waals surface area contributed by atoms with E-state index in [1.165, 1.54) is 18.5 Å². The molecule has 1 atom stereocenters. The van der Waals surface area contributed by atoms with E-state index in [0.717, 1.165) is 0 Å². The van der Waals surface area contributed by atoms with Gasteiger partial charge in [0.2, 0.25) is 5.78 Å². The first-order chi connectivity index (χ1) is 8.81. The average Bonchev–Trinajstić information content (AvgIpc) is 2.94. The van der Waals surface area contributed by atoms with Crippen LogP contribution in [-0.2, 0) is 0 Å². The Morgan fingerprint density at radius 3 is 2.94 bits per heavy atom. The van der Waals surface area contributed by atoms with Gasteiger partial charge < -0.3 is 4.42 Å². The van der Waals surface area contributed by atoms with Crippen molar-refractivity contribution in [1.29, 1.82) is 5.26 Å². The molecule has 0 aliphatic carbocycles. The second-order valence-electron chi connectivity index (χ2n) is 3.41. The summed E-state index contributed by atoms with van der Waals surface area (Å²) in [5, 5.41) is 8.95. The van der Waals surface area contributed by atoms with Gasteiger partial charge in [0.15, 0.2) is 11.6 Å². The topological polar surface area (TPSA) is 79.2 Å². The fraction of sp³-hybridized carbons (Fsp3) is 0.0769. The Balaban J connectivity index is 2.14. The predicted octanol–water partition coefficient (Wildman–Crippen LogP) is 2.40. The Bertz CT molecular complexity index is 582. The Morgan fingerprint density at radius 2 is 2.33 bits per heavy atom. The minimum Gasteiger partial charge on any atom is -0.461 e. The molecule has 1 unspecified atom stereocenters. The first kappa shape index (κ1) is 11.7. The number of nitriles is 1. The molecule has 0 bridgehead atoms. The molecule has 0 aliphatic rings. The number of ketones is 1. The number of carbonyl (C=O) groups excluding carboxylic acids is 1. The number of furan rings is 1. The summed E-state index contributed by atoms with van der Waals surface area (Å²) in [4.78, 5) is 19.8. The third kappa shape index (κ3) is 2.68. The Morgan fingerprint density at radius 1 is 1.44 bits per heavy atom. The number of aromatic nitrogens is 1. The lowest BCUT2D eigenvalue weighted by Crippen LogP contribution is -2.13. The summed E-state index contributed by atoms with van der Waals surface area (Å²) < 4.78 is 4.95. The van der Waals surface area contributed by atoms with Crippen LogP contribution in [0, 0.1) is 17.2 Å². The molecular formula is C13H9N3O2. The maximum Gasteiger partial charge on any atom is 0.220 e. The molecule has 0 saturated carbocycles. The van der Waals surface area contributed by atoms with Crippen molar-refractivity contribution >= 4 is 17.8 Å². The molecule has 0 spiro atoms. The van der Waals surface area contributed by atoms with Crippen molar-refractivity contribution in [3.63, 3.8) is 0 Å².